The molecule has 0 amide bonds. The molecular formula is C15H29NO2. The normalized spacial score (nSPS) is 37.0. The molecule has 0 spiro atoms. The Morgan fingerprint density at radius 1 is 1.17 bits per heavy atom. The van der Waals surface area contributed by atoms with Gasteiger partial charge in [-0.1, -0.05) is 13.8 Å². The minimum absolute atomic E-state index is 0.507. The lowest BCUT2D eigenvalue weighted by Gasteiger charge is -2.32. The summed E-state index contributed by atoms with van der Waals surface area (Å²) in [5, 5.41) is 3.48. The molecule has 0 aromatic rings. The van der Waals surface area contributed by atoms with Crippen molar-refractivity contribution >= 4 is 0 Å². The first kappa shape index (κ1) is 14.3. The van der Waals surface area contributed by atoms with E-state index in [0.29, 0.717) is 6.10 Å². The molecule has 4 atom stereocenters. The standard InChI is InChI=1S/C15H29NO2/c1-12-3-4-15(9-13(12)2)18-8-6-16-10-14-5-7-17-11-14/h12-16H,3-11H2,1-2H3. The first-order chi connectivity index (χ1) is 8.75. The van der Waals surface area contributed by atoms with E-state index in [2.05, 4.69) is 19.2 Å². The van der Waals surface area contributed by atoms with Crippen LogP contribution in [-0.4, -0.2) is 39.0 Å². The van der Waals surface area contributed by atoms with Gasteiger partial charge in [0.05, 0.1) is 19.3 Å². The number of nitrogens with one attached hydrogen (secondary N) is 1. The predicted molar refractivity (Wildman–Crippen MR) is 73.7 cm³/mol. The van der Waals surface area contributed by atoms with Gasteiger partial charge in [0.25, 0.3) is 0 Å². The summed E-state index contributed by atoms with van der Waals surface area (Å²) in [5.74, 6) is 2.43. The molecule has 1 saturated carbocycles. The molecule has 0 aromatic heterocycles. The summed E-state index contributed by atoms with van der Waals surface area (Å²) in [6.45, 7) is 9.54. The number of hydrogen-bond acceptors (Lipinski definition) is 3. The SMILES string of the molecule is CC1CCC(OCCNCC2CCOC2)CC1C. The Morgan fingerprint density at radius 3 is 2.78 bits per heavy atom. The van der Waals surface area contributed by atoms with E-state index < -0.39 is 0 Å². The summed E-state index contributed by atoms with van der Waals surface area (Å²) in [7, 11) is 0. The molecule has 0 radical (unpaired) electrons. The zero-order chi connectivity index (χ0) is 12.8. The molecule has 0 aromatic carbocycles. The minimum atomic E-state index is 0.507. The lowest BCUT2D eigenvalue weighted by Crippen LogP contribution is -2.31. The Morgan fingerprint density at radius 2 is 2.06 bits per heavy atom. The van der Waals surface area contributed by atoms with Crippen molar-refractivity contribution in [1.82, 2.24) is 5.32 Å². The molecule has 106 valence electrons. The van der Waals surface area contributed by atoms with Gasteiger partial charge in [-0.25, -0.2) is 0 Å². The molecule has 1 aliphatic carbocycles. The van der Waals surface area contributed by atoms with E-state index in [1.54, 1.807) is 0 Å². The summed E-state index contributed by atoms with van der Waals surface area (Å²) in [6.07, 6.45) is 5.55. The average Bonchev–Trinajstić information content (AvgIpc) is 2.86. The van der Waals surface area contributed by atoms with E-state index in [9.17, 15) is 0 Å². The van der Waals surface area contributed by atoms with E-state index in [-0.39, 0.29) is 0 Å². The monoisotopic (exact) mass is 255 g/mol. The Kier molecular flexibility index (Phi) is 5.93. The Labute approximate surface area is 112 Å². The van der Waals surface area contributed by atoms with Crippen molar-refractivity contribution in [3.8, 4) is 0 Å². The maximum atomic E-state index is 5.97. The van der Waals surface area contributed by atoms with Crippen LogP contribution >= 0.6 is 0 Å². The van der Waals surface area contributed by atoms with E-state index in [4.69, 9.17) is 9.47 Å². The second-order valence-corrected chi connectivity index (χ2v) is 6.19. The zero-order valence-electron chi connectivity index (χ0n) is 12.0. The molecule has 2 fully saturated rings. The first-order valence-corrected chi connectivity index (χ1v) is 7.65. The van der Waals surface area contributed by atoms with Crippen molar-refractivity contribution in [2.24, 2.45) is 17.8 Å². The van der Waals surface area contributed by atoms with Crippen molar-refractivity contribution in [3.63, 3.8) is 0 Å². The van der Waals surface area contributed by atoms with Gasteiger partial charge in [-0.3, -0.25) is 0 Å². The van der Waals surface area contributed by atoms with Crippen molar-refractivity contribution in [3.05, 3.63) is 0 Å². The molecule has 1 saturated heterocycles. The average molecular weight is 255 g/mol. The Bertz CT molecular complexity index is 229. The largest absolute Gasteiger partial charge is 0.381 e. The Balaban J connectivity index is 1.47. The quantitative estimate of drug-likeness (QED) is 0.740. The van der Waals surface area contributed by atoms with Gasteiger partial charge in [-0.15, -0.1) is 0 Å². The molecule has 0 bridgehead atoms. The van der Waals surface area contributed by atoms with Gasteiger partial charge >= 0.3 is 0 Å². The van der Waals surface area contributed by atoms with E-state index in [0.717, 1.165) is 50.7 Å². The van der Waals surface area contributed by atoms with Crippen LogP contribution in [0.2, 0.25) is 0 Å². The fourth-order valence-electron chi connectivity index (χ4n) is 3.00. The van der Waals surface area contributed by atoms with Gasteiger partial charge in [0, 0.05) is 19.7 Å². The van der Waals surface area contributed by atoms with E-state index in [1.165, 1.54) is 25.7 Å². The third kappa shape index (κ3) is 4.52. The van der Waals surface area contributed by atoms with Gasteiger partial charge < -0.3 is 14.8 Å². The topological polar surface area (TPSA) is 30.5 Å². The van der Waals surface area contributed by atoms with Crippen molar-refractivity contribution in [2.45, 2.75) is 45.6 Å². The van der Waals surface area contributed by atoms with Crippen LogP contribution in [0.1, 0.15) is 39.5 Å². The molecule has 1 N–H and O–H groups in total. The third-order valence-electron chi connectivity index (χ3n) is 4.64. The van der Waals surface area contributed by atoms with Crippen LogP contribution in [-0.2, 0) is 9.47 Å². The van der Waals surface area contributed by atoms with Crippen LogP contribution in [0.15, 0.2) is 0 Å². The summed E-state index contributed by atoms with van der Waals surface area (Å²) in [5.41, 5.74) is 0. The van der Waals surface area contributed by atoms with E-state index in [1.807, 2.05) is 0 Å². The smallest absolute Gasteiger partial charge is 0.0594 e. The lowest BCUT2D eigenvalue weighted by molar-refractivity contribution is 0.00411. The Hall–Kier alpha value is -0.120. The summed E-state index contributed by atoms with van der Waals surface area (Å²) in [4.78, 5) is 0. The molecule has 2 rings (SSSR count). The molecule has 1 heterocycles. The van der Waals surface area contributed by atoms with Crippen molar-refractivity contribution < 1.29 is 9.47 Å². The van der Waals surface area contributed by atoms with Gasteiger partial charge in [0.2, 0.25) is 0 Å². The minimum Gasteiger partial charge on any atom is -0.381 e. The second kappa shape index (κ2) is 7.46. The van der Waals surface area contributed by atoms with Crippen molar-refractivity contribution in [1.29, 1.82) is 0 Å². The van der Waals surface area contributed by atoms with Gasteiger partial charge in [0.15, 0.2) is 0 Å². The highest BCUT2D eigenvalue weighted by Gasteiger charge is 2.24. The fraction of sp³-hybridized carbons (Fsp3) is 1.00. The third-order valence-corrected chi connectivity index (χ3v) is 4.64. The maximum Gasteiger partial charge on any atom is 0.0594 e. The summed E-state index contributed by atoms with van der Waals surface area (Å²) >= 11 is 0. The van der Waals surface area contributed by atoms with Crippen LogP contribution in [0.3, 0.4) is 0 Å². The number of ether oxygens (including phenoxy) is 2. The maximum absolute atomic E-state index is 5.97. The molecular weight excluding hydrogens is 226 g/mol. The molecule has 2 aliphatic rings. The predicted octanol–water partition coefficient (Wildman–Crippen LogP) is 2.45. The van der Waals surface area contributed by atoms with Crippen LogP contribution in [0, 0.1) is 17.8 Å². The van der Waals surface area contributed by atoms with Gasteiger partial charge in [-0.05, 0) is 43.4 Å². The van der Waals surface area contributed by atoms with Gasteiger partial charge in [0.1, 0.15) is 0 Å². The highest BCUT2D eigenvalue weighted by molar-refractivity contribution is 4.75. The zero-order valence-corrected chi connectivity index (χ0v) is 12.0. The summed E-state index contributed by atoms with van der Waals surface area (Å²) in [6, 6.07) is 0. The van der Waals surface area contributed by atoms with Crippen LogP contribution in [0.4, 0.5) is 0 Å². The van der Waals surface area contributed by atoms with Gasteiger partial charge in [-0.2, -0.15) is 0 Å². The molecule has 4 unspecified atom stereocenters. The number of hydrogen-bond donors (Lipinski definition) is 1. The van der Waals surface area contributed by atoms with Crippen LogP contribution in [0.5, 0.6) is 0 Å². The lowest BCUT2D eigenvalue weighted by atomic mass is 9.80. The highest BCUT2D eigenvalue weighted by Crippen LogP contribution is 2.30. The van der Waals surface area contributed by atoms with Crippen LogP contribution in [0.25, 0.3) is 0 Å². The molecule has 3 nitrogen and oxygen atoms in total. The van der Waals surface area contributed by atoms with E-state index >= 15 is 0 Å². The second-order valence-electron chi connectivity index (χ2n) is 6.19. The molecule has 1 aliphatic heterocycles. The first-order valence-electron chi connectivity index (χ1n) is 7.65. The number of rotatable bonds is 6. The molecule has 3 heteroatoms. The fourth-order valence-corrected chi connectivity index (χ4v) is 3.00. The van der Waals surface area contributed by atoms with Crippen LogP contribution < -0.4 is 5.32 Å². The highest BCUT2D eigenvalue weighted by atomic mass is 16.5. The molecule has 18 heavy (non-hydrogen) atoms. The van der Waals surface area contributed by atoms with Crippen molar-refractivity contribution in [2.75, 3.05) is 32.9 Å². The summed E-state index contributed by atoms with van der Waals surface area (Å²) < 4.78 is 11.3.